The van der Waals surface area contributed by atoms with Crippen molar-refractivity contribution in [1.29, 1.82) is 0 Å². The van der Waals surface area contributed by atoms with Crippen molar-refractivity contribution in [2.24, 2.45) is 0 Å². The number of aliphatic hydroxyl groups is 1. The van der Waals surface area contributed by atoms with Crippen LogP contribution >= 0.6 is 0 Å². The summed E-state index contributed by atoms with van der Waals surface area (Å²) in [6.45, 7) is 4.03. The second-order valence-electron chi connectivity index (χ2n) is 7.74. The van der Waals surface area contributed by atoms with Crippen molar-refractivity contribution in [3.05, 3.63) is 72.3 Å². The van der Waals surface area contributed by atoms with Gasteiger partial charge in [0.2, 0.25) is 10.0 Å². The Morgan fingerprint density at radius 3 is 2.71 bits per heavy atom. The van der Waals surface area contributed by atoms with Gasteiger partial charge in [0.25, 0.3) is 0 Å². The maximum Gasteiger partial charge on any atom is 0.240 e. The first-order chi connectivity index (χ1) is 15.0. The minimum absolute atomic E-state index is 0.131. The summed E-state index contributed by atoms with van der Waals surface area (Å²) in [6.07, 6.45) is 0.330. The summed E-state index contributed by atoms with van der Waals surface area (Å²) < 4.78 is 45.9. The highest BCUT2D eigenvalue weighted by molar-refractivity contribution is 7.89. The Kier molecular flexibility index (Phi) is 6.86. The molecule has 2 heterocycles. The van der Waals surface area contributed by atoms with E-state index in [4.69, 9.17) is 14.2 Å². The van der Waals surface area contributed by atoms with Crippen LogP contribution in [0.1, 0.15) is 17.5 Å². The molecule has 166 valence electrons. The maximum absolute atomic E-state index is 12.6. The number of hydrogen-bond donors (Lipinski definition) is 2. The van der Waals surface area contributed by atoms with Gasteiger partial charge < -0.3 is 19.3 Å². The van der Waals surface area contributed by atoms with Crippen LogP contribution in [0.15, 0.2) is 66.1 Å². The summed E-state index contributed by atoms with van der Waals surface area (Å²) in [5.74, 6) is 0. The Bertz CT molecular complexity index is 996. The molecule has 2 aromatic carbocycles. The van der Waals surface area contributed by atoms with Gasteiger partial charge in [-0.15, -0.1) is 0 Å². The van der Waals surface area contributed by atoms with Crippen LogP contribution in [0.4, 0.5) is 0 Å². The minimum Gasteiger partial charge on any atom is -0.394 e. The Morgan fingerprint density at radius 2 is 1.97 bits per heavy atom. The minimum atomic E-state index is -3.67. The van der Waals surface area contributed by atoms with Crippen molar-refractivity contribution in [2.45, 2.75) is 48.4 Å². The lowest BCUT2D eigenvalue weighted by Gasteiger charge is -2.23. The van der Waals surface area contributed by atoms with Crippen molar-refractivity contribution in [2.75, 3.05) is 13.2 Å². The molecular weight excluding hydrogens is 418 g/mol. The van der Waals surface area contributed by atoms with Crippen LogP contribution in [-0.4, -0.2) is 57.2 Å². The van der Waals surface area contributed by atoms with E-state index >= 15 is 0 Å². The molecule has 31 heavy (non-hydrogen) atoms. The first-order valence-corrected chi connectivity index (χ1v) is 11.8. The molecule has 0 unspecified atom stereocenters. The van der Waals surface area contributed by atoms with E-state index in [-0.39, 0.29) is 36.4 Å². The first kappa shape index (κ1) is 22.1. The number of sulfonamides is 1. The van der Waals surface area contributed by atoms with Gasteiger partial charge in [-0.05, 0) is 23.3 Å². The average Bonchev–Trinajstić information content (AvgIpc) is 3.34. The summed E-state index contributed by atoms with van der Waals surface area (Å²) in [4.78, 5) is 0.184. The zero-order valence-corrected chi connectivity index (χ0v) is 17.9. The predicted molar refractivity (Wildman–Crippen MR) is 116 cm³/mol. The number of rotatable bonds is 9. The predicted octanol–water partition coefficient (Wildman–Crippen LogP) is 2.11. The fraction of sp³-hybridized carbons (Fsp3) is 0.391. The second-order valence-corrected chi connectivity index (χ2v) is 9.51. The lowest BCUT2D eigenvalue weighted by atomic mass is 10.1. The Balaban J connectivity index is 1.36. The smallest absolute Gasteiger partial charge is 0.240 e. The number of benzene rings is 2. The van der Waals surface area contributed by atoms with E-state index in [0.29, 0.717) is 13.0 Å². The molecule has 4 rings (SSSR count). The van der Waals surface area contributed by atoms with Crippen LogP contribution < -0.4 is 4.72 Å². The number of aliphatic hydroxyl groups excluding tert-OH is 1. The van der Waals surface area contributed by atoms with E-state index in [1.54, 1.807) is 30.3 Å². The third-order valence-corrected chi connectivity index (χ3v) is 7.04. The number of hydrogen-bond acceptors (Lipinski definition) is 6. The molecule has 5 atom stereocenters. The third kappa shape index (κ3) is 5.06. The van der Waals surface area contributed by atoms with Gasteiger partial charge >= 0.3 is 0 Å². The molecule has 2 saturated heterocycles. The summed E-state index contributed by atoms with van der Waals surface area (Å²) in [7, 11) is -3.67. The standard InChI is InChI=1S/C23H27NO6S/c1-2-16-9-6-10-19(11-16)31(26,27)24-13-18-12-20-23(29-18)22(21(14-25)30-20)28-15-17-7-4-3-5-8-17/h2-11,18,20-25H,1,12-15H2/t18-,20-,21+,22+,23+/m0/s1. The van der Waals surface area contributed by atoms with Gasteiger partial charge in [0, 0.05) is 13.0 Å². The van der Waals surface area contributed by atoms with Crippen molar-refractivity contribution in [1.82, 2.24) is 4.72 Å². The van der Waals surface area contributed by atoms with Crippen LogP contribution in [0.3, 0.4) is 0 Å². The molecule has 0 amide bonds. The topological polar surface area (TPSA) is 94.1 Å². The first-order valence-electron chi connectivity index (χ1n) is 10.3. The zero-order chi connectivity index (χ0) is 21.8. The Morgan fingerprint density at radius 1 is 1.16 bits per heavy atom. The van der Waals surface area contributed by atoms with Crippen molar-refractivity contribution in [3.8, 4) is 0 Å². The second kappa shape index (κ2) is 9.60. The fourth-order valence-electron chi connectivity index (χ4n) is 4.04. The van der Waals surface area contributed by atoms with Crippen LogP contribution in [0, 0.1) is 0 Å². The summed E-state index contributed by atoms with van der Waals surface area (Å²) in [6, 6.07) is 16.3. The van der Waals surface area contributed by atoms with Gasteiger partial charge in [-0.3, -0.25) is 0 Å². The van der Waals surface area contributed by atoms with Crippen LogP contribution in [0.2, 0.25) is 0 Å². The SMILES string of the molecule is C=Cc1cccc(S(=O)(=O)NC[C@@H]2C[C@@H]3O[C@H](CO)[C@@H](OCc4ccccc4)[C@@H]3O2)c1. The molecule has 2 fully saturated rings. The molecule has 0 aromatic heterocycles. The number of ether oxygens (including phenoxy) is 3. The molecule has 2 aromatic rings. The molecule has 0 radical (unpaired) electrons. The van der Waals surface area contributed by atoms with Gasteiger partial charge in [0.15, 0.2) is 0 Å². The monoisotopic (exact) mass is 445 g/mol. The number of fused-ring (bicyclic) bond motifs is 1. The molecule has 0 spiro atoms. The van der Waals surface area contributed by atoms with Gasteiger partial charge in [-0.2, -0.15) is 0 Å². The van der Waals surface area contributed by atoms with Crippen molar-refractivity contribution in [3.63, 3.8) is 0 Å². The maximum atomic E-state index is 12.6. The normalized spacial score (nSPS) is 27.8. The lowest BCUT2D eigenvalue weighted by Crippen LogP contribution is -2.38. The lowest BCUT2D eigenvalue weighted by molar-refractivity contribution is -0.0907. The van der Waals surface area contributed by atoms with Gasteiger partial charge in [0.1, 0.15) is 18.3 Å². The van der Waals surface area contributed by atoms with E-state index < -0.39 is 22.2 Å². The van der Waals surface area contributed by atoms with Crippen LogP contribution in [-0.2, 0) is 30.8 Å². The molecule has 2 N–H and O–H groups in total. The molecule has 2 aliphatic heterocycles. The highest BCUT2D eigenvalue weighted by atomic mass is 32.2. The van der Waals surface area contributed by atoms with E-state index in [9.17, 15) is 13.5 Å². The largest absolute Gasteiger partial charge is 0.394 e. The fourth-order valence-corrected chi connectivity index (χ4v) is 5.16. The highest BCUT2D eigenvalue weighted by Gasteiger charge is 2.51. The van der Waals surface area contributed by atoms with E-state index in [2.05, 4.69) is 11.3 Å². The van der Waals surface area contributed by atoms with E-state index in [1.165, 1.54) is 0 Å². The third-order valence-electron chi connectivity index (χ3n) is 5.62. The quantitative estimate of drug-likeness (QED) is 0.614. The van der Waals surface area contributed by atoms with Crippen molar-refractivity contribution >= 4 is 16.1 Å². The Labute approximate surface area is 182 Å². The van der Waals surface area contributed by atoms with Crippen LogP contribution in [0.5, 0.6) is 0 Å². The van der Waals surface area contributed by atoms with Gasteiger partial charge in [-0.25, -0.2) is 13.1 Å². The van der Waals surface area contributed by atoms with E-state index in [1.807, 2.05) is 30.3 Å². The summed E-state index contributed by atoms with van der Waals surface area (Å²) in [5.41, 5.74) is 1.75. The zero-order valence-electron chi connectivity index (χ0n) is 17.1. The average molecular weight is 446 g/mol. The number of nitrogens with one attached hydrogen (secondary N) is 1. The van der Waals surface area contributed by atoms with Gasteiger partial charge in [0.05, 0.1) is 30.3 Å². The van der Waals surface area contributed by atoms with E-state index in [0.717, 1.165) is 11.1 Å². The van der Waals surface area contributed by atoms with Crippen LogP contribution in [0.25, 0.3) is 6.08 Å². The molecule has 0 bridgehead atoms. The summed E-state index contributed by atoms with van der Waals surface area (Å²) in [5, 5.41) is 9.67. The van der Waals surface area contributed by atoms with Crippen molar-refractivity contribution < 1.29 is 27.7 Å². The van der Waals surface area contributed by atoms with Gasteiger partial charge in [-0.1, -0.05) is 55.1 Å². The summed E-state index contributed by atoms with van der Waals surface area (Å²) >= 11 is 0. The molecule has 8 heteroatoms. The molecule has 7 nitrogen and oxygen atoms in total. The molecule has 2 aliphatic rings. The highest BCUT2D eigenvalue weighted by Crippen LogP contribution is 2.36. The molecule has 0 saturated carbocycles. The molecule has 0 aliphatic carbocycles. The molecular formula is C23H27NO6S. The Hall–Kier alpha value is -2.07.